The monoisotopic (exact) mass is 390 g/mol. The molecule has 0 N–H and O–H groups in total. The van der Waals surface area contributed by atoms with E-state index in [4.69, 9.17) is 0 Å². The Bertz CT molecular complexity index is 836. The van der Waals surface area contributed by atoms with E-state index in [2.05, 4.69) is 25.4 Å². The molecule has 1 aliphatic heterocycles. The summed E-state index contributed by atoms with van der Waals surface area (Å²) in [5, 5.41) is 0. The van der Waals surface area contributed by atoms with Crippen LogP contribution in [0.25, 0.3) is 0 Å². The van der Waals surface area contributed by atoms with Gasteiger partial charge in [-0.3, -0.25) is 0 Å². The molecule has 0 amide bonds. The van der Waals surface area contributed by atoms with E-state index in [1.165, 1.54) is 30.3 Å². The highest BCUT2D eigenvalue weighted by atomic mass is 79.9. The Hall–Kier alpha value is -1.67. The quantitative estimate of drug-likeness (QED) is 0.800. The van der Waals surface area contributed by atoms with Gasteiger partial charge in [-0.25, -0.2) is 8.42 Å². The highest BCUT2D eigenvalue weighted by Gasteiger charge is 2.43. The van der Waals surface area contributed by atoms with Crippen LogP contribution in [0.3, 0.4) is 0 Å². The molecule has 0 aromatic heterocycles. The van der Waals surface area contributed by atoms with Crippen molar-refractivity contribution in [3.63, 3.8) is 0 Å². The number of halogens is 3. The standard InChI is InChI=1S/C14H9BrF2O4S/c15-10-2-1-3-11(7-10)22(18,19)8-9-4-5-12-13(6-9)21-14(16,17)20-12/h1-7H,8H2. The maximum atomic E-state index is 12.9. The number of sulfone groups is 1. The molecule has 116 valence electrons. The molecule has 0 bridgehead atoms. The second-order valence-electron chi connectivity index (χ2n) is 4.67. The molecule has 0 atom stereocenters. The van der Waals surface area contributed by atoms with Crippen molar-refractivity contribution in [1.29, 1.82) is 0 Å². The fraction of sp³-hybridized carbons (Fsp3) is 0.143. The number of benzene rings is 2. The van der Waals surface area contributed by atoms with Crippen LogP contribution in [0.2, 0.25) is 0 Å². The third-order valence-corrected chi connectivity index (χ3v) is 5.16. The van der Waals surface area contributed by atoms with Gasteiger partial charge in [-0.05, 0) is 35.9 Å². The number of alkyl halides is 2. The zero-order valence-electron chi connectivity index (χ0n) is 10.9. The van der Waals surface area contributed by atoms with Crippen molar-refractivity contribution in [3.8, 4) is 11.5 Å². The topological polar surface area (TPSA) is 52.6 Å². The van der Waals surface area contributed by atoms with Gasteiger partial charge < -0.3 is 9.47 Å². The first kappa shape index (κ1) is 15.2. The lowest BCUT2D eigenvalue weighted by atomic mass is 10.2. The minimum absolute atomic E-state index is 0.117. The van der Waals surface area contributed by atoms with E-state index in [1.807, 2.05) is 0 Å². The van der Waals surface area contributed by atoms with E-state index in [1.54, 1.807) is 12.1 Å². The van der Waals surface area contributed by atoms with Crippen molar-refractivity contribution in [2.45, 2.75) is 16.9 Å². The molecule has 22 heavy (non-hydrogen) atoms. The minimum atomic E-state index is -3.72. The molecule has 0 radical (unpaired) electrons. The number of fused-ring (bicyclic) bond motifs is 1. The van der Waals surface area contributed by atoms with Gasteiger partial charge in [0.15, 0.2) is 21.3 Å². The van der Waals surface area contributed by atoms with Crippen molar-refractivity contribution in [1.82, 2.24) is 0 Å². The van der Waals surface area contributed by atoms with Gasteiger partial charge in [-0.1, -0.05) is 28.1 Å². The normalized spacial score (nSPS) is 15.8. The Morgan fingerprint density at radius 2 is 1.77 bits per heavy atom. The van der Waals surface area contributed by atoms with Crippen LogP contribution in [0.4, 0.5) is 8.78 Å². The zero-order valence-corrected chi connectivity index (χ0v) is 13.3. The molecule has 0 aliphatic carbocycles. The Kier molecular flexibility index (Phi) is 3.60. The first-order chi connectivity index (χ1) is 10.3. The molecule has 2 aromatic rings. The van der Waals surface area contributed by atoms with Crippen LogP contribution >= 0.6 is 15.9 Å². The molecule has 2 aromatic carbocycles. The molecular weight excluding hydrogens is 382 g/mol. The van der Waals surface area contributed by atoms with E-state index < -0.39 is 16.1 Å². The maximum Gasteiger partial charge on any atom is 0.586 e. The van der Waals surface area contributed by atoms with E-state index in [0.29, 0.717) is 10.0 Å². The van der Waals surface area contributed by atoms with Crippen molar-refractivity contribution in [2.75, 3.05) is 0 Å². The molecule has 4 nitrogen and oxygen atoms in total. The van der Waals surface area contributed by atoms with Crippen molar-refractivity contribution in [2.24, 2.45) is 0 Å². The number of hydrogen-bond donors (Lipinski definition) is 0. The van der Waals surface area contributed by atoms with Gasteiger partial charge in [0.2, 0.25) is 0 Å². The number of ether oxygens (including phenoxy) is 2. The summed E-state index contributed by atoms with van der Waals surface area (Å²) in [5.41, 5.74) is 0.333. The summed E-state index contributed by atoms with van der Waals surface area (Å²) < 4.78 is 59.8. The Morgan fingerprint density at radius 3 is 2.50 bits per heavy atom. The first-order valence-electron chi connectivity index (χ1n) is 6.12. The van der Waals surface area contributed by atoms with Crippen LogP contribution in [-0.4, -0.2) is 14.7 Å². The van der Waals surface area contributed by atoms with Gasteiger partial charge in [-0.15, -0.1) is 8.78 Å². The molecular formula is C14H9BrF2O4S. The third-order valence-electron chi connectivity index (χ3n) is 2.98. The maximum absolute atomic E-state index is 12.9. The number of rotatable bonds is 3. The van der Waals surface area contributed by atoms with Crippen molar-refractivity contribution in [3.05, 3.63) is 52.5 Å². The first-order valence-corrected chi connectivity index (χ1v) is 8.57. The summed E-state index contributed by atoms with van der Waals surface area (Å²) in [4.78, 5) is 0.143. The summed E-state index contributed by atoms with van der Waals surface area (Å²) in [6.45, 7) is 0. The lowest BCUT2D eigenvalue weighted by Crippen LogP contribution is -2.25. The second-order valence-corrected chi connectivity index (χ2v) is 7.57. The third kappa shape index (κ3) is 3.07. The second kappa shape index (κ2) is 5.20. The summed E-state index contributed by atoms with van der Waals surface area (Å²) >= 11 is 3.21. The van der Waals surface area contributed by atoms with Crippen LogP contribution in [-0.2, 0) is 15.6 Å². The predicted molar refractivity (Wildman–Crippen MR) is 77.7 cm³/mol. The average molecular weight is 391 g/mol. The molecule has 1 aliphatic rings. The van der Waals surface area contributed by atoms with Crippen LogP contribution in [0.15, 0.2) is 51.8 Å². The summed E-state index contributed by atoms with van der Waals surface area (Å²) in [5.74, 6) is -0.619. The van der Waals surface area contributed by atoms with E-state index >= 15 is 0 Å². The van der Waals surface area contributed by atoms with Gasteiger partial charge in [0.05, 0.1) is 10.6 Å². The SMILES string of the molecule is O=S(=O)(Cc1ccc2c(c1)OC(F)(F)O2)c1cccc(Br)c1. The number of hydrogen-bond acceptors (Lipinski definition) is 4. The molecule has 3 rings (SSSR count). The highest BCUT2D eigenvalue weighted by Crippen LogP contribution is 2.41. The minimum Gasteiger partial charge on any atom is -0.395 e. The summed E-state index contributed by atoms with van der Waals surface area (Å²) in [6, 6.07) is 10.2. The molecule has 0 spiro atoms. The fourth-order valence-corrected chi connectivity index (χ4v) is 3.97. The van der Waals surface area contributed by atoms with Crippen LogP contribution in [0.1, 0.15) is 5.56 Å². The van der Waals surface area contributed by atoms with Gasteiger partial charge in [0.25, 0.3) is 0 Å². The van der Waals surface area contributed by atoms with Crippen molar-refractivity contribution >= 4 is 25.8 Å². The Morgan fingerprint density at radius 1 is 1.05 bits per heavy atom. The van der Waals surface area contributed by atoms with Gasteiger partial charge in [0.1, 0.15) is 0 Å². The highest BCUT2D eigenvalue weighted by molar-refractivity contribution is 9.10. The molecule has 0 fully saturated rings. The molecule has 8 heteroatoms. The van der Waals surface area contributed by atoms with E-state index in [9.17, 15) is 17.2 Å². The zero-order chi connectivity index (χ0) is 16.0. The van der Waals surface area contributed by atoms with Crippen LogP contribution < -0.4 is 9.47 Å². The largest absolute Gasteiger partial charge is 0.586 e. The summed E-state index contributed by atoms with van der Waals surface area (Å²) in [6.07, 6.45) is -3.72. The van der Waals surface area contributed by atoms with Crippen LogP contribution in [0.5, 0.6) is 11.5 Å². The summed E-state index contributed by atoms with van der Waals surface area (Å²) in [7, 11) is -3.60. The smallest absolute Gasteiger partial charge is 0.395 e. The van der Waals surface area contributed by atoms with Gasteiger partial charge in [0, 0.05) is 4.47 Å². The molecule has 0 saturated heterocycles. The molecule has 1 heterocycles. The van der Waals surface area contributed by atoms with Crippen LogP contribution in [0, 0.1) is 0 Å². The average Bonchev–Trinajstić information content (AvgIpc) is 2.71. The Labute approximate surface area is 133 Å². The van der Waals surface area contributed by atoms with E-state index in [0.717, 1.165) is 0 Å². The molecule has 0 saturated carbocycles. The lowest BCUT2D eigenvalue weighted by molar-refractivity contribution is -0.286. The van der Waals surface area contributed by atoms with E-state index in [-0.39, 0.29) is 22.1 Å². The van der Waals surface area contributed by atoms with Gasteiger partial charge in [-0.2, -0.15) is 0 Å². The molecule has 0 unspecified atom stereocenters. The predicted octanol–water partition coefficient (Wildman–Crippen LogP) is 3.74. The van der Waals surface area contributed by atoms with Gasteiger partial charge >= 0.3 is 6.29 Å². The fourth-order valence-electron chi connectivity index (χ4n) is 2.05. The lowest BCUT2D eigenvalue weighted by Gasteiger charge is -2.06. The van der Waals surface area contributed by atoms with Crippen molar-refractivity contribution < 1.29 is 26.7 Å². The Balaban J connectivity index is 1.88.